The molecule has 0 atom stereocenters. The molecule has 0 aliphatic heterocycles. The minimum Gasteiger partial charge on any atom is -0.493 e. The van der Waals surface area contributed by atoms with E-state index in [0.29, 0.717) is 17.1 Å². The van der Waals surface area contributed by atoms with Crippen molar-refractivity contribution in [3.63, 3.8) is 0 Å². The highest BCUT2D eigenvalue weighted by atomic mass is 16.5. The number of carbonyl (C=O) groups excluding carboxylic acids is 2. The van der Waals surface area contributed by atoms with Crippen molar-refractivity contribution in [1.29, 1.82) is 0 Å². The molecule has 1 aromatic rings. The number of rotatable bonds is 6. The third-order valence-electron chi connectivity index (χ3n) is 2.61. The molecule has 0 radical (unpaired) electrons. The van der Waals surface area contributed by atoms with E-state index >= 15 is 0 Å². The number of para-hydroxylation sites is 1. The molecule has 0 amide bonds. The average molecular weight is 278 g/mol. The van der Waals surface area contributed by atoms with Crippen LogP contribution < -0.4 is 9.47 Å². The van der Waals surface area contributed by atoms with Crippen molar-refractivity contribution < 1.29 is 23.8 Å². The molecule has 0 aromatic heterocycles. The van der Waals surface area contributed by atoms with Gasteiger partial charge in [0, 0.05) is 5.56 Å². The highest BCUT2D eigenvalue weighted by Gasteiger charge is 2.17. The largest absolute Gasteiger partial charge is 0.493 e. The third-order valence-corrected chi connectivity index (χ3v) is 2.61. The van der Waals surface area contributed by atoms with Crippen molar-refractivity contribution in [3.05, 3.63) is 29.3 Å². The van der Waals surface area contributed by atoms with Crippen LogP contribution in [-0.2, 0) is 14.3 Å². The van der Waals surface area contributed by atoms with E-state index in [2.05, 4.69) is 0 Å². The second kappa shape index (κ2) is 7.33. The molecule has 5 nitrogen and oxygen atoms in total. The summed E-state index contributed by atoms with van der Waals surface area (Å²) < 4.78 is 15.3. The Balaban J connectivity index is 3.31. The zero-order valence-corrected chi connectivity index (χ0v) is 12.1. The number of ether oxygens (including phenoxy) is 3. The molecular weight excluding hydrogens is 260 g/mol. The molecule has 0 N–H and O–H groups in total. The van der Waals surface area contributed by atoms with E-state index in [1.165, 1.54) is 27.2 Å². The van der Waals surface area contributed by atoms with Crippen molar-refractivity contribution in [2.24, 2.45) is 0 Å². The van der Waals surface area contributed by atoms with Crippen LogP contribution in [0.2, 0.25) is 0 Å². The molecule has 0 saturated carbocycles. The van der Waals surface area contributed by atoms with Crippen molar-refractivity contribution in [1.82, 2.24) is 0 Å². The third kappa shape index (κ3) is 3.60. The van der Waals surface area contributed by atoms with Crippen LogP contribution in [0.25, 0.3) is 6.08 Å². The van der Waals surface area contributed by atoms with Crippen LogP contribution in [0.5, 0.6) is 11.5 Å². The fraction of sp³-hybridized carbons (Fsp3) is 0.333. The van der Waals surface area contributed by atoms with Gasteiger partial charge in [0.25, 0.3) is 0 Å². The van der Waals surface area contributed by atoms with Crippen molar-refractivity contribution in [2.75, 3.05) is 20.8 Å². The van der Waals surface area contributed by atoms with Crippen molar-refractivity contribution in [2.45, 2.75) is 13.8 Å². The van der Waals surface area contributed by atoms with Gasteiger partial charge in [-0.3, -0.25) is 4.79 Å². The monoisotopic (exact) mass is 278 g/mol. The maximum absolute atomic E-state index is 11.8. The molecule has 0 bridgehead atoms. The van der Waals surface area contributed by atoms with Crippen LogP contribution in [0.3, 0.4) is 0 Å². The Labute approximate surface area is 118 Å². The molecular formula is C15H18O5. The molecule has 0 aliphatic rings. The first-order valence-corrected chi connectivity index (χ1v) is 6.15. The van der Waals surface area contributed by atoms with E-state index in [0.717, 1.165) is 0 Å². The van der Waals surface area contributed by atoms with E-state index in [1.54, 1.807) is 25.1 Å². The Morgan fingerprint density at radius 2 is 1.90 bits per heavy atom. The quantitative estimate of drug-likeness (QED) is 0.345. The summed E-state index contributed by atoms with van der Waals surface area (Å²) in [5, 5.41) is 0. The molecule has 0 heterocycles. The lowest BCUT2D eigenvalue weighted by atomic mass is 10.1. The minimum absolute atomic E-state index is 0.0293. The molecule has 1 aromatic carbocycles. The number of methoxy groups -OCH3 is 2. The van der Waals surface area contributed by atoms with Gasteiger partial charge in [-0.1, -0.05) is 12.1 Å². The first kappa shape index (κ1) is 15.8. The van der Waals surface area contributed by atoms with Gasteiger partial charge >= 0.3 is 5.97 Å². The number of benzene rings is 1. The average Bonchev–Trinajstić information content (AvgIpc) is 2.43. The topological polar surface area (TPSA) is 61.8 Å². The summed E-state index contributed by atoms with van der Waals surface area (Å²) in [6, 6.07) is 5.20. The zero-order chi connectivity index (χ0) is 15.1. The number of carbonyl (C=O) groups is 2. The Kier molecular flexibility index (Phi) is 5.77. The molecule has 0 unspecified atom stereocenters. The minimum atomic E-state index is -0.648. The first-order chi connectivity index (χ1) is 9.54. The Morgan fingerprint density at radius 1 is 1.20 bits per heavy atom. The summed E-state index contributed by atoms with van der Waals surface area (Å²) in [6.45, 7) is 3.20. The number of Topliss-reactive ketones (excluding diaryl/α,β-unsaturated/α-hetero) is 1. The second-order valence-electron chi connectivity index (χ2n) is 3.92. The Bertz CT molecular complexity index is 531. The number of esters is 1. The summed E-state index contributed by atoms with van der Waals surface area (Å²) in [7, 11) is 3.01. The van der Waals surface area contributed by atoms with Crippen LogP contribution in [0.4, 0.5) is 0 Å². The summed E-state index contributed by atoms with van der Waals surface area (Å²) in [5.74, 6) is -0.0377. The number of ketones is 1. The zero-order valence-electron chi connectivity index (χ0n) is 12.1. The second-order valence-corrected chi connectivity index (χ2v) is 3.92. The van der Waals surface area contributed by atoms with E-state index in [4.69, 9.17) is 14.2 Å². The van der Waals surface area contributed by atoms with Crippen LogP contribution >= 0.6 is 0 Å². The smallest absolute Gasteiger partial charge is 0.341 e. The standard InChI is InChI=1S/C15H18O5/c1-5-20-15(17)12(10(2)16)9-11-7-6-8-13(18-3)14(11)19-4/h6-9H,5H2,1-4H3/b12-9-. The summed E-state index contributed by atoms with van der Waals surface area (Å²) in [6.07, 6.45) is 1.45. The number of hydrogen-bond donors (Lipinski definition) is 0. The lowest BCUT2D eigenvalue weighted by molar-refractivity contribution is -0.139. The summed E-state index contributed by atoms with van der Waals surface area (Å²) >= 11 is 0. The predicted octanol–water partition coefficient (Wildman–Crippen LogP) is 2.24. The molecule has 108 valence electrons. The molecule has 1 rings (SSSR count). The van der Waals surface area contributed by atoms with E-state index in [-0.39, 0.29) is 18.0 Å². The lowest BCUT2D eigenvalue weighted by Gasteiger charge is -2.11. The lowest BCUT2D eigenvalue weighted by Crippen LogP contribution is -2.13. The van der Waals surface area contributed by atoms with Gasteiger partial charge in [-0.15, -0.1) is 0 Å². The van der Waals surface area contributed by atoms with Crippen molar-refractivity contribution >= 4 is 17.8 Å². The van der Waals surface area contributed by atoms with Crippen molar-refractivity contribution in [3.8, 4) is 11.5 Å². The molecule has 20 heavy (non-hydrogen) atoms. The Hall–Kier alpha value is -2.30. The fourth-order valence-electron chi connectivity index (χ4n) is 1.69. The van der Waals surface area contributed by atoms with Crippen LogP contribution in [-0.4, -0.2) is 32.6 Å². The Morgan fingerprint density at radius 3 is 2.40 bits per heavy atom. The van der Waals surface area contributed by atoms with Gasteiger partial charge < -0.3 is 14.2 Å². The van der Waals surface area contributed by atoms with Gasteiger partial charge in [0.1, 0.15) is 5.57 Å². The normalized spacial score (nSPS) is 10.9. The number of hydrogen-bond acceptors (Lipinski definition) is 5. The maximum atomic E-state index is 11.8. The first-order valence-electron chi connectivity index (χ1n) is 6.15. The van der Waals surface area contributed by atoms with Crippen LogP contribution in [0.1, 0.15) is 19.4 Å². The van der Waals surface area contributed by atoms with Gasteiger partial charge in [0.05, 0.1) is 20.8 Å². The fourth-order valence-corrected chi connectivity index (χ4v) is 1.69. The molecule has 0 aliphatic carbocycles. The summed E-state index contributed by atoms with van der Waals surface area (Å²) in [5.41, 5.74) is 0.545. The van der Waals surface area contributed by atoms with Gasteiger partial charge in [0.2, 0.25) is 0 Å². The van der Waals surface area contributed by atoms with E-state index in [1.807, 2.05) is 0 Å². The van der Waals surface area contributed by atoms with E-state index in [9.17, 15) is 9.59 Å². The highest BCUT2D eigenvalue weighted by Crippen LogP contribution is 2.32. The molecule has 0 fully saturated rings. The van der Waals surface area contributed by atoms with Crippen LogP contribution in [0.15, 0.2) is 23.8 Å². The maximum Gasteiger partial charge on any atom is 0.341 e. The van der Waals surface area contributed by atoms with Gasteiger partial charge in [0.15, 0.2) is 17.3 Å². The van der Waals surface area contributed by atoms with Gasteiger partial charge in [-0.25, -0.2) is 4.79 Å². The van der Waals surface area contributed by atoms with Crippen LogP contribution in [0, 0.1) is 0 Å². The predicted molar refractivity (Wildman–Crippen MR) is 74.8 cm³/mol. The van der Waals surface area contributed by atoms with Gasteiger partial charge in [-0.2, -0.15) is 0 Å². The molecule has 5 heteroatoms. The van der Waals surface area contributed by atoms with Gasteiger partial charge in [-0.05, 0) is 26.0 Å². The van der Waals surface area contributed by atoms with E-state index < -0.39 is 5.97 Å². The highest BCUT2D eigenvalue weighted by molar-refractivity contribution is 6.19. The summed E-state index contributed by atoms with van der Waals surface area (Å²) in [4.78, 5) is 23.3. The SMILES string of the molecule is CCOC(=O)/C(=C\c1cccc(OC)c1OC)C(C)=O. The molecule has 0 saturated heterocycles. The molecule has 0 spiro atoms.